The average Bonchev–Trinajstić information content (AvgIpc) is 2.94. The number of aromatic amines is 1. The van der Waals surface area contributed by atoms with Crippen molar-refractivity contribution in [2.24, 2.45) is 0 Å². The maximum atomic E-state index is 12.2. The average molecular weight is 273 g/mol. The normalized spacial score (nSPS) is 13.7. The Morgan fingerprint density at radius 3 is 2.38 bits per heavy atom. The summed E-state index contributed by atoms with van der Waals surface area (Å²) >= 11 is 0. The summed E-state index contributed by atoms with van der Waals surface area (Å²) in [6.07, 6.45) is 4.57. The Morgan fingerprint density at radius 2 is 1.48 bits per heavy atom. The number of H-pyrrole nitrogens is 1. The third-order valence-electron chi connectivity index (χ3n) is 3.84. The van der Waals surface area contributed by atoms with Crippen molar-refractivity contribution in [1.82, 2.24) is 4.98 Å². The molecule has 3 nitrogen and oxygen atoms in total. The van der Waals surface area contributed by atoms with Crippen LogP contribution >= 0.6 is 0 Å². The first-order valence-corrected chi connectivity index (χ1v) is 6.72. The number of fused-ring (bicyclic) bond motifs is 2. The number of hydrogen-bond acceptors (Lipinski definition) is 2. The lowest BCUT2D eigenvalue weighted by molar-refractivity contribution is 0.0994. The topological polar surface area (TPSA) is 49.9 Å². The van der Waals surface area contributed by atoms with Gasteiger partial charge < -0.3 is 4.98 Å². The molecule has 3 aromatic rings. The molecule has 0 saturated heterocycles. The quantitative estimate of drug-likeness (QED) is 0.733. The highest BCUT2D eigenvalue weighted by atomic mass is 16.1. The van der Waals surface area contributed by atoms with Crippen molar-refractivity contribution in [1.29, 1.82) is 0 Å². The van der Waals surface area contributed by atoms with Crippen molar-refractivity contribution < 1.29 is 9.59 Å². The Balaban J connectivity index is 2.05. The van der Waals surface area contributed by atoms with Crippen LogP contribution in [0.15, 0.2) is 60.8 Å². The van der Waals surface area contributed by atoms with E-state index in [1.54, 1.807) is 6.07 Å². The smallest absolute Gasteiger partial charge is 0.187 e. The fourth-order valence-electron chi connectivity index (χ4n) is 2.87. The Kier molecular flexibility index (Phi) is 2.42. The zero-order chi connectivity index (χ0) is 14.4. The highest BCUT2D eigenvalue weighted by Gasteiger charge is 2.23. The number of ketones is 2. The maximum Gasteiger partial charge on any atom is 0.187 e. The molecule has 0 radical (unpaired) electrons. The van der Waals surface area contributed by atoms with Crippen LogP contribution in [0.2, 0.25) is 0 Å². The van der Waals surface area contributed by atoms with E-state index in [4.69, 9.17) is 0 Å². The van der Waals surface area contributed by atoms with Gasteiger partial charge in [-0.1, -0.05) is 36.4 Å². The number of para-hydroxylation sites is 1. The monoisotopic (exact) mass is 273 g/mol. The van der Waals surface area contributed by atoms with Gasteiger partial charge in [0.15, 0.2) is 11.6 Å². The number of benzene rings is 2. The number of rotatable bonds is 1. The van der Waals surface area contributed by atoms with Crippen molar-refractivity contribution in [2.75, 3.05) is 0 Å². The predicted molar refractivity (Wildman–Crippen MR) is 81.5 cm³/mol. The number of carbonyl (C=O) groups is 2. The summed E-state index contributed by atoms with van der Waals surface area (Å²) in [7, 11) is 0. The van der Waals surface area contributed by atoms with Crippen LogP contribution in [-0.2, 0) is 0 Å². The molecule has 0 spiro atoms. The molecule has 0 fully saturated rings. The van der Waals surface area contributed by atoms with E-state index >= 15 is 0 Å². The molecule has 0 amide bonds. The van der Waals surface area contributed by atoms with Gasteiger partial charge in [-0.3, -0.25) is 9.59 Å². The molecule has 0 aliphatic heterocycles. The minimum atomic E-state index is -0.120. The summed E-state index contributed by atoms with van der Waals surface area (Å²) < 4.78 is 0. The van der Waals surface area contributed by atoms with Crippen LogP contribution in [0.1, 0.15) is 20.7 Å². The second kappa shape index (κ2) is 4.28. The van der Waals surface area contributed by atoms with Gasteiger partial charge in [0, 0.05) is 33.8 Å². The van der Waals surface area contributed by atoms with Crippen molar-refractivity contribution in [3.63, 3.8) is 0 Å². The molecule has 2 aromatic carbocycles. The Hall–Kier alpha value is -2.94. The number of hydrogen-bond donors (Lipinski definition) is 1. The van der Waals surface area contributed by atoms with E-state index in [1.165, 1.54) is 12.2 Å². The number of aromatic nitrogens is 1. The molecule has 100 valence electrons. The van der Waals surface area contributed by atoms with Gasteiger partial charge in [0.05, 0.1) is 0 Å². The Morgan fingerprint density at radius 1 is 0.714 bits per heavy atom. The lowest BCUT2D eigenvalue weighted by Crippen LogP contribution is -2.12. The van der Waals surface area contributed by atoms with E-state index in [0.717, 1.165) is 22.0 Å². The molecule has 1 heterocycles. The van der Waals surface area contributed by atoms with Crippen molar-refractivity contribution in [3.8, 4) is 11.1 Å². The molecule has 3 heteroatoms. The van der Waals surface area contributed by atoms with E-state index in [1.807, 2.05) is 42.6 Å². The van der Waals surface area contributed by atoms with Crippen LogP contribution in [0.4, 0.5) is 0 Å². The fraction of sp³-hybridized carbons (Fsp3) is 0. The van der Waals surface area contributed by atoms with Gasteiger partial charge in [-0.05, 0) is 23.8 Å². The van der Waals surface area contributed by atoms with E-state index in [9.17, 15) is 9.59 Å². The van der Waals surface area contributed by atoms with Gasteiger partial charge in [0.25, 0.3) is 0 Å². The van der Waals surface area contributed by atoms with E-state index in [-0.39, 0.29) is 11.6 Å². The first kappa shape index (κ1) is 11.9. The molecule has 0 unspecified atom stereocenters. The molecule has 1 N–H and O–H groups in total. The fourth-order valence-corrected chi connectivity index (χ4v) is 2.87. The zero-order valence-electron chi connectivity index (χ0n) is 11.1. The van der Waals surface area contributed by atoms with Crippen LogP contribution in [0.5, 0.6) is 0 Å². The van der Waals surface area contributed by atoms with Gasteiger partial charge in [-0.2, -0.15) is 0 Å². The molecule has 0 saturated carbocycles. The molecule has 1 aromatic heterocycles. The largest absolute Gasteiger partial charge is 0.361 e. The highest BCUT2D eigenvalue weighted by molar-refractivity contribution is 6.25. The Bertz CT molecular complexity index is 931. The summed E-state index contributed by atoms with van der Waals surface area (Å²) in [4.78, 5) is 27.4. The first-order valence-electron chi connectivity index (χ1n) is 6.72. The summed E-state index contributed by atoms with van der Waals surface area (Å²) in [5.41, 5.74) is 3.72. The lowest BCUT2D eigenvalue weighted by Gasteiger charge is -2.13. The van der Waals surface area contributed by atoms with Gasteiger partial charge in [-0.15, -0.1) is 0 Å². The number of carbonyl (C=O) groups excluding carboxylic acids is 2. The Labute approximate surface area is 120 Å². The standard InChI is InChI=1S/C18H11NO2/c20-16-8-9-17(21)18-12(5-3-6-13(16)18)14-10-19-15-7-2-1-4-11(14)15/h1-10,19H. The van der Waals surface area contributed by atoms with Gasteiger partial charge >= 0.3 is 0 Å². The van der Waals surface area contributed by atoms with Crippen molar-refractivity contribution >= 4 is 22.5 Å². The van der Waals surface area contributed by atoms with E-state index in [0.29, 0.717) is 11.1 Å². The minimum absolute atomic E-state index is 0.119. The molecule has 1 aliphatic rings. The third-order valence-corrected chi connectivity index (χ3v) is 3.84. The number of nitrogens with one attached hydrogen (secondary N) is 1. The molecular weight excluding hydrogens is 262 g/mol. The second-order valence-electron chi connectivity index (χ2n) is 5.04. The van der Waals surface area contributed by atoms with Crippen LogP contribution in [0, 0.1) is 0 Å². The second-order valence-corrected chi connectivity index (χ2v) is 5.04. The molecular formula is C18H11NO2. The minimum Gasteiger partial charge on any atom is -0.361 e. The summed E-state index contributed by atoms with van der Waals surface area (Å²) in [5, 5.41) is 1.04. The molecule has 0 atom stereocenters. The summed E-state index contributed by atoms with van der Waals surface area (Å²) in [6.45, 7) is 0. The zero-order valence-corrected chi connectivity index (χ0v) is 11.1. The highest BCUT2D eigenvalue weighted by Crippen LogP contribution is 2.34. The van der Waals surface area contributed by atoms with Crippen molar-refractivity contribution in [2.45, 2.75) is 0 Å². The van der Waals surface area contributed by atoms with Gasteiger partial charge in [0.1, 0.15) is 0 Å². The van der Waals surface area contributed by atoms with E-state index in [2.05, 4.69) is 4.98 Å². The van der Waals surface area contributed by atoms with E-state index < -0.39 is 0 Å². The molecule has 0 bridgehead atoms. The molecule has 1 aliphatic carbocycles. The van der Waals surface area contributed by atoms with Gasteiger partial charge in [0.2, 0.25) is 0 Å². The van der Waals surface area contributed by atoms with Gasteiger partial charge in [-0.25, -0.2) is 0 Å². The first-order chi connectivity index (χ1) is 10.3. The maximum absolute atomic E-state index is 12.2. The predicted octanol–water partition coefficient (Wildman–Crippen LogP) is 3.77. The molecule has 4 rings (SSSR count). The van der Waals surface area contributed by atoms with Crippen molar-refractivity contribution in [3.05, 3.63) is 71.9 Å². The van der Waals surface area contributed by atoms with Crippen LogP contribution in [-0.4, -0.2) is 16.6 Å². The number of allylic oxidation sites excluding steroid dienone is 2. The molecule has 21 heavy (non-hydrogen) atoms. The lowest BCUT2D eigenvalue weighted by atomic mass is 9.88. The van der Waals surface area contributed by atoms with Crippen LogP contribution in [0.3, 0.4) is 0 Å². The SMILES string of the molecule is O=C1C=CC(=O)c2c1cccc2-c1c[nH]c2ccccc12. The summed E-state index contributed by atoms with van der Waals surface area (Å²) in [5.74, 6) is -0.239. The van der Waals surface area contributed by atoms with Crippen LogP contribution < -0.4 is 0 Å². The summed E-state index contributed by atoms with van der Waals surface area (Å²) in [6, 6.07) is 13.3. The third kappa shape index (κ3) is 1.68. The van der Waals surface area contributed by atoms with Crippen LogP contribution in [0.25, 0.3) is 22.0 Å².